The van der Waals surface area contributed by atoms with Gasteiger partial charge in [0.15, 0.2) is 0 Å². The fraction of sp³-hybridized carbons (Fsp3) is 0.562. The number of nitrogens with one attached hydrogen (secondary N) is 2. The molecule has 1 aliphatic heterocycles. The highest BCUT2D eigenvalue weighted by Crippen LogP contribution is 2.16. The summed E-state index contributed by atoms with van der Waals surface area (Å²) in [5.74, 6) is 0.0871. The number of ether oxygens (including phenoxy) is 1. The zero-order valence-electron chi connectivity index (χ0n) is 12.3. The lowest BCUT2D eigenvalue weighted by atomic mass is 9.95. The highest BCUT2D eigenvalue weighted by atomic mass is 16.5. The topological polar surface area (TPSA) is 50.4 Å². The zero-order chi connectivity index (χ0) is 14.4. The lowest BCUT2D eigenvalue weighted by Crippen LogP contribution is -2.47. The van der Waals surface area contributed by atoms with E-state index in [4.69, 9.17) is 4.74 Å². The van der Waals surface area contributed by atoms with E-state index in [1.165, 1.54) is 11.1 Å². The van der Waals surface area contributed by atoms with E-state index in [1.807, 2.05) is 26.0 Å². The van der Waals surface area contributed by atoms with Crippen LogP contribution in [0.2, 0.25) is 0 Å². The summed E-state index contributed by atoms with van der Waals surface area (Å²) in [7, 11) is 0. The van der Waals surface area contributed by atoms with Crippen molar-refractivity contribution in [2.45, 2.75) is 45.4 Å². The van der Waals surface area contributed by atoms with Crippen LogP contribution < -0.4 is 10.6 Å². The van der Waals surface area contributed by atoms with E-state index < -0.39 is 0 Å². The number of fused-ring (bicyclic) bond motifs is 1. The van der Waals surface area contributed by atoms with E-state index in [2.05, 4.69) is 22.8 Å². The molecule has 2 rings (SSSR count). The minimum absolute atomic E-state index is 0.0871. The molecule has 1 amide bonds. The quantitative estimate of drug-likeness (QED) is 0.777. The van der Waals surface area contributed by atoms with E-state index in [0.29, 0.717) is 13.2 Å². The van der Waals surface area contributed by atoms with Gasteiger partial charge in [-0.05, 0) is 37.8 Å². The summed E-state index contributed by atoms with van der Waals surface area (Å²) in [4.78, 5) is 12.1. The summed E-state index contributed by atoms with van der Waals surface area (Å²) in [5.41, 5.74) is 2.57. The number of hydrogen-bond acceptors (Lipinski definition) is 3. The largest absolute Gasteiger partial charge is 0.379 e. The average Bonchev–Trinajstić information content (AvgIpc) is 2.46. The van der Waals surface area contributed by atoms with E-state index in [-0.39, 0.29) is 18.1 Å². The molecule has 1 aliphatic rings. The third-order valence-corrected chi connectivity index (χ3v) is 3.47. The maximum absolute atomic E-state index is 12.1. The van der Waals surface area contributed by atoms with Crippen LogP contribution in [0, 0.1) is 0 Å². The molecule has 1 heterocycles. The molecule has 2 N–H and O–H groups in total. The van der Waals surface area contributed by atoms with Gasteiger partial charge in [0.2, 0.25) is 5.91 Å². The fourth-order valence-electron chi connectivity index (χ4n) is 2.37. The van der Waals surface area contributed by atoms with Gasteiger partial charge >= 0.3 is 0 Å². The molecule has 20 heavy (non-hydrogen) atoms. The number of carbonyl (C=O) groups excluding carboxylic acids is 1. The SMILES string of the molecule is CC(C)OCCCNC(=O)C1Cc2ccccc2CN1. The fourth-order valence-corrected chi connectivity index (χ4v) is 2.37. The second-order valence-corrected chi connectivity index (χ2v) is 5.47. The first-order valence-electron chi connectivity index (χ1n) is 7.36. The standard InChI is InChI=1S/C16H24N2O2/c1-12(2)20-9-5-8-17-16(19)15-10-13-6-3-4-7-14(13)11-18-15/h3-4,6-7,12,15,18H,5,8-11H2,1-2H3,(H,17,19). The van der Waals surface area contributed by atoms with E-state index >= 15 is 0 Å². The molecule has 0 aliphatic carbocycles. The number of rotatable bonds is 6. The van der Waals surface area contributed by atoms with Gasteiger partial charge in [-0.1, -0.05) is 24.3 Å². The highest BCUT2D eigenvalue weighted by Gasteiger charge is 2.23. The Morgan fingerprint density at radius 3 is 2.90 bits per heavy atom. The molecule has 1 unspecified atom stereocenters. The van der Waals surface area contributed by atoms with Crippen molar-refractivity contribution in [1.82, 2.24) is 10.6 Å². The van der Waals surface area contributed by atoms with Crippen LogP contribution in [0.5, 0.6) is 0 Å². The van der Waals surface area contributed by atoms with Crippen LogP contribution in [0.25, 0.3) is 0 Å². The van der Waals surface area contributed by atoms with E-state index in [9.17, 15) is 4.79 Å². The van der Waals surface area contributed by atoms with Crippen LogP contribution in [-0.4, -0.2) is 31.2 Å². The Morgan fingerprint density at radius 1 is 1.40 bits per heavy atom. The molecule has 0 fully saturated rings. The Balaban J connectivity index is 1.72. The van der Waals surface area contributed by atoms with Gasteiger partial charge in [-0.3, -0.25) is 4.79 Å². The van der Waals surface area contributed by atoms with Gasteiger partial charge in [0.25, 0.3) is 0 Å². The molecule has 1 aromatic rings. The maximum Gasteiger partial charge on any atom is 0.237 e. The van der Waals surface area contributed by atoms with Crippen molar-refractivity contribution in [3.05, 3.63) is 35.4 Å². The van der Waals surface area contributed by atoms with Crippen LogP contribution in [0.1, 0.15) is 31.4 Å². The number of amides is 1. The molecular formula is C16H24N2O2. The Labute approximate surface area is 120 Å². The summed E-state index contributed by atoms with van der Waals surface area (Å²) in [6.45, 7) is 6.17. The number of hydrogen-bond donors (Lipinski definition) is 2. The van der Waals surface area contributed by atoms with Crippen molar-refractivity contribution in [3.8, 4) is 0 Å². The maximum atomic E-state index is 12.1. The lowest BCUT2D eigenvalue weighted by Gasteiger charge is -2.25. The van der Waals surface area contributed by atoms with E-state index in [1.54, 1.807) is 0 Å². The van der Waals surface area contributed by atoms with Crippen molar-refractivity contribution in [2.75, 3.05) is 13.2 Å². The monoisotopic (exact) mass is 276 g/mol. The van der Waals surface area contributed by atoms with Crippen molar-refractivity contribution < 1.29 is 9.53 Å². The van der Waals surface area contributed by atoms with Gasteiger partial charge in [-0.2, -0.15) is 0 Å². The predicted octanol–water partition coefficient (Wildman–Crippen LogP) is 1.63. The van der Waals surface area contributed by atoms with Gasteiger partial charge in [-0.15, -0.1) is 0 Å². The minimum Gasteiger partial charge on any atom is -0.379 e. The Kier molecular flexibility index (Phi) is 5.56. The highest BCUT2D eigenvalue weighted by molar-refractivity contribution is 5.82. The molecule has 0 aromatic heterocycles. The molecule has 0 radical (unpaired) electrons. The van der Waals surface area contributed by atoms with Crippen molar-refractivity contribution >= 4 is 5.91 Å². The Bertz CT molecular complexity index is 446. The summed E-state index contributed by atoms with van der Waals surface area (Å²) < 4.78 is 5.45. The van der Waals surface area contributed by atoms with Crippen LogP contribution >= 0.6 is 0 Å². The molecule has 1 aromatic carbocycles. The molecule has 0 saturated carbocycles. The Morgan fingerprint density at radius 2 is 2.15 bits per heavy atom. The molecule has 4 heteroatoms. The first-order valence-corrected chi connectivity index (χ1v) is 7.36. The van der Waals surface area contributed by atoms with Gasteiger partial charge in [-0.25, -0.2) is 0 Å². The molecule has 1 atom stereocenters. The van der Waals surface area contributed by atoms with Crippen molar-refractivity contribution in [2.24, 2.45) is 0 Å². The van der Waals surface area contributed by atoms with Crippen LogP contribution in [-0.2, 0) is 22.5 Å². The number of benzene rings is 1. The number of carbonyl (C=O) groups is 1. The summed E-state index contributed by atoms with van der Waals surface area (Å²) in [6, 6.07) is 8.17. The van der Waals surface area contributed by atoms with Crippen LogP contribution in [0.15, 0.2) is 24.3 Å². The summed E-state index contributed by atoms with van der Waals surface area (Å²) in [6.07, 6.45) is 1.87. The summed E-state index contributed by atoms with van der Waals surface area (Å²) in [5, 5.41) is 6.27. The Hall–Kier alpha value is -1.39. The summed E-state index contributed by atoms with van der Waals surface area (Å²) >= 11 is 0. The average molecular weight is 276 g/mol. The predicted molar refractivity (Wildman–Crippen MR) is 79.5 cm³/mol. The molecule has 0 bridgehead atoms. The van der Waals surface area contributed by atoms with Crippen LogP contribution in [0.3, 0.4) is 0 Å². The molecule has 110 valence electrons. The third-order valence-electron chi connectivity index (χ3n) is 3.47. The second kappa shape index (κ2) is 7.41. The van der Waals surface area contributed by atoms with Crippen LogP contribution in [0.4, 0.5) is 0 Å². The minimum atomic E-state index is -0.115. The molecular weight excluding hydrogens is 252 g/mol. The van der Waals surface area contributed by atoms with Gasteiger partial charge in [0.1, 0.15) is 0 Å². The molecule has 0 saturated heterocycles. The normalized spacial score (nSPS) is 17.9. The first-order chi connectivity index (χ1) is 9.66. The van der Waals surface area contributed by atoms with E-state index in [0.717, 1.165) is 19.4 Å². The van der Waals surface area contributed by atoms with Gasteiger partial charge in [0, 0.05) is 19.7 Å². The van der Waals surface area contributed by atoms with Crippen molar-refractivity contribution in [3.63, 3.8) is 0 Å². The zero-order valence-corrected chi connectivity index (χ0v) is 12.3. The van der Waals surface area contributed by atoms with Gasteiger partial charge in [0.05, 0.1) is 12.1 Å². The van der Waals surface area contributed by atoms with Crippen molar-refractivity contribution in [1.29, 1.82) is 0 Å². The lowest BCUT2D eigenvalue weighted by molar-refractivity contribution is -0.123. The smallest absolute Gasteiger partial charge is 0.237 e. The molecule has 0 spiro atoms. The third kappa shape index (κ3) is 4.32. The molecule has 4 nitrogen and oxygen atoms in total. The second-order valence-electron chi connectivity index (χ2n) is 5.47. The first kappa shape index (κ1) is 15.0. The van der Waals surface area contributed by atoms with Gasteiger partial charge < -0.3 is 15.4 Å².